The van der Waals surface area contributed by atoms with Crippen LogP contribution in [0.2, 0.25) is 0 Å². The number of thioether (sulfide) groups is 1. The van der Waals surface area contributed by atoms with Gasteiger partial charge in [0.1, 0.15) is 18.5 Å². The first-order valence-corrected chi connectivity index (χ1v) is 28.2. The molecule has 0 aromatic heterocycles. The molecule has 0 bridgehead atoms. The first kappa shape index (κ1) is 50.3. The van der Waals surface area contributed by atoms with E-state index in [0.29, 0.717) is 11.3 Å². The molecular formula is C65H77NO5S. The van der Waals surface area contributed by atoms with Gasteiger partial charge in [0.05, 0.1) is 23.7 Å². The molecule has 1 N–H and O–H groups in total. The molecule has 378 valence electrons. The maximum Gasteiger partial charge on any atom is 0.408 e. The second-order valence-electron chi connectivity index (χ2n) is 23.1. The molecule has 9 atom stereocenters. The third-order valence-corrected chi connectivity index (χ3v) is 20.3. The van der Waals surface area contributed by atoms with E-state index >= 15 is 0 Å². The van der Waals surface area contributed by atoms with Crippen LogP contribution < -0.4 is 10.1 Å². The number of hydrogen-bond acceptors (Lipinski definition) is 6. The normalized spacial score (nSPS) is 26.2. The number of fused-ring (bicyclic) bond motifs is 8. The average Bonchev–Trinajstić information content (AvgIpc) is 3.92. The molecule has 0 aliphatic heterocycles. The third-order valence-electron chi connectivity index (χ3n) is 18.7. The number of nitrogens with one attached hydrogen (secondary N) is 1. The molecule has 5 aliphatic rings. The van der Waals surface area contributed by atoms with Gasteiger partial charge in [-0.2, -0.15) is 0 Å². The van der Waals surface area contributed by atoms with Crippen LogP contribution >= 0.6 is 11.8 Å². The van der Waals surface area contributed by atoms with Crippen molar-refractivity contribution >= 4 is 23.8 Å². The average molecular weight is 984 g/mol. The van der Waals surface area contributed by atoms with Gasteiger partial charge in [0.25, 0.3) is 0 Å². The van der Waals surface area contributed by atoms with E-state index in [-0.39, 0.29) is 36.4 Å². The summed E-state index contributed by atoms with van der Waals surface area (Å²) in [7, 11) is 1.67. The van der Waals surface area contributed by atoms with Gasteiger partial charge in [-0.15, -0.1) is 11.8 Å². The van der Waals surface area contributed by atoms with Crippen LogP contribution in [0.25, 0.3) is 11.1 Å². The van der Waals surface area contributed by atoms with Gasteiger partial charge in [0.15, 0.2) is 0 Å². The molecule has 0 radical (unpaired) electrons. The highest BCUT2D eigenvalue weighted by atomic mass is 32.2. The van der Waals surface area contributed by atoms with E-state index in [4.69, 9.17) is 14.2 Å². The van der Waals surface area contributed by atoms with E-state index in [0.717, 1.165) is 88.8 Å². The summed E-state index contributed by atoms with van der Waals surface area (Å²) in [6, 6.07) is 45.6. The lowest BCUT2D eigenvalue weighted by molar-refractivity contribution is -0.151. The van der Waals surface area contributed by atoms with Gasteiger partial charge in [-0.1, -0.05) is 187 Å². The quantitative estimate of drug-likeness (QED) is 0.0433. The van der Waals surface area contributed by atoms with Crippen LogP contribution in [0, 0.1) is 46.3 Å². The van der Waals surface area contributed by atoms with E-state index < -0.39 is 16.2 Å². The highest BCUT2D eigenvalue weighted by Gasteiger charge is 2.59. The molecule has 7 heteroatoms. The van der Waals surface area contributed by atoms with E-state index in [9.17, 15) is 9.59 Å². The topological polar surface area (TPSA) is 73.9 Å². The highest BCUT2D eigenvalue weighted by molar-refractivity contribution is 8.01. The van der Waals surface area contributed by atoms with Crippen molar-refractivity contribution in [2.24, 2.45) is 46.3 Å². The summed E-state index contributed by atoms with van der Waals surface area (Å²) < 4.78 is 17.6. The molecule has 3 fully saturated rings. The first-order valence-electron chi connectivity index (χ1n) is 27.3. The maximum absolute atomic E-state index is 14.7. The smallest absolute Gasteiger partial charge is 0.408 e. The molecule has 5 aliphatic carbocycles. The van der Waals surface area contributed by atoms with Crippen molar-refractivity contribution in [3.63, 3.8) is 0 Å². The summed E-state index contributed by atoms with van der Waals surface area (Å²) >= 11 is 1.54. The Kier molecular flexibility index (Phi) is 14.9. The molecule has 5 aromatic rings. The largest absolute Gasteiger partial charge is 0.497 e. The summed E-state index contributed by atoms with van der Waals surface area (Å²) in [5, 5.41) is 2.50. The Balaban J connectivity index is 0.890. The number of ether oxygens (including phenoxy) is 3. The number of allylic oxidation sites excluding steroid dienone is 1. The number of carbonyl (C=O) groups excluding carboxylic acids is 2. The number of benzene rings is 5. The molecular weight excluding hydrogens is 907 g/mol. The number of amides is 1. The van der Waals surface area contributed by atoms with Gasteiger partial charge in [0, 0.05) is 12.3 Å². The van der Waals surface area contributed by atoms with Crippen LogP contribution in [0.4, 0.5) is 4.79 Å². The van der Waals surface area contributed by atoms with Gasteiger partial charge in [-0.25, -0.2) is 4.79 Å². The summed E-state index contributed by atoms with van der Waals surface area (Å²) in [5.74, 6) is 4.98. The van der Waals surface area contributed by atoms with Gasteiger partial charge in [-0.3, -0.25) is 4.79 Å². The van der Waals surface area contributed by atoms with E-state index in [1.54, 1.807) is 18.9 Å². The van der Waals surface area contributed by atoms with Crippen LogP contribution in [0.1, 0.15) is 145 Å². The monoisotopic (exact) mass is 984 g/mol. The predicted molar refractivity (Wildman–Crippen MR) is 293 cm³/mol. The first-order chi connectivity index (χ1) is 34.9. The summed E-state index contributed by atoms with van der Waals surface area (Å²) in [6.45, 7) is 12.7. The van der Waals surface area contributed by atoms with E-state index in [1.807, 2.05) is 60.7 Å². The number of carbonyl (C=O) groups is 2. The van der Waals surface area contributed by atoms with Crippen molar-refractivity contribution in [1.29, 1.82) is 0 Å². The Morgan fingerprint density at radius 2 is 1.35 bits per heavy atom. The fraction of sp³-hybridized carbons (Fsp3) is 0.477. The molecule has 0 heterocycles. The number of esters is 1. The number of rotatable bonds is 17. The lowest BCUT2D eigenvalue weighted by atomic mass is 9.47. The molecule has 0 saturated heterocycles. The van der Waals surface area contributed by atoms with Gasteiger partial charge in [-0.05, 0) is 142 Å². The molecule has 6 nitrogen and oxygen atoms in total. The van der Waals surface area contributed by atoms with Crippen LogP contribution in [0.15, 0.2) is 145 Å². The fourth-order valence-corrected chi connectivity index (χ4v) is 16.7. The van der Waals surface area contributed by atoms with Crippen LogP contribution in [0.3, 0.4) is 0 Å². The Morgan fingerprint density at radius 3 is 1.99 bits per heavy atom. The standard InChI is InChI=1S/C65H77NO5S/c1-43(2)18-17-19-44(3)57-34-35-58-55-33-30-48-40-50(36-38-63(48,4)59(55)37-39-64(57,58)5)71-61(67)41-60(66-62(68)70-42-56-53-26-15-13-24-51(53)52-25-14-16-27-54(52)56)72-65(45-20-9-7-10-21-45,46-22-11-8-12-23-46)47-28-31-49(69-6)32-29-47/h7-16,20-32,43-44,50,55-60H,17-19,33-42H2,1-6H3,(H,66,68)/t44-,50?,55+,57-,58+,59+,60?,63+,64-/m1/s1. The molecule has 72 heavy (non-hydrogen) atoms. The Labute approximate surface area is 434 Å². The molecule has 0 spiro atoms. The molecule has 3 saturated carbocycles. The predicted octanol–water partition coefficient (Wildman–Crippen LogP) is 15.9. The van der Waals surface area contributed by atoms with Crippen molar-refractivity contribution in [2.45, 2.75) is 134 Å². The zero-order valence-electron chi connectivity index (χ0n) is 43.6. The van der Waals surface area contributed by atoms with E-state index in [1.165, 1.54) is 61.6 Å². The Bertz CT molecular complexity index is 2620. The maximum atomic E-state index is 14.7. The third kappa shape index (κ3) is 9.69. The van der Waals surface area contributed by atoms with Crippen LogP contribution in [-0.2, 0) is 19.0 Å². The minimum absolute atomic E-state index is 0.0404. The number of hydrogen-bond donors (Lipinski definition) is 1. The SMILES string of the molecule is COc1ccc(C(SC(CC(=O)OC2CC[C@@]3(C)C(=CC[C@H]4[C@@H]5CC[C@H]([C@H](C)CCCC(C)C)[C@@]5(C)CC[C@@H]43)C2)NC(=O)OCC2c3ccccc3-c3ccccc32)(c2ccccc2)c2ccccc2)cc1. The highest BCUT2D eigenvalue weighted by Crippen LogP contribution is 2.67. The zero-order chi connectivity index (χ0) is 50.0. The molecule has 10 rings (SSSR count). The minimum atomic E-state index is -0.854. The second kappa shape index (κ2) is 21.3. The van der Waals surface area contributed by atoms with E-state index in [2.05, 4.69) is 119 Å². The minimum Gasteiger partial charge on any atom is -0.497 e. The lowest BCUT2D eigenvalue weighted by Crippen LogP contribution is -2.51. The lowest BCUT2D eigenvalue weighted by Gasteiger charge is -2.58. The van der Waals surface area contributed by atoms with Crippen molar-refractivity contribution in [1.82, 2.24) is 5.32 Å². The molecule has 1 amide bonds. The van der Waals surface area contributed by atoms with Gasteiger partial charge in [0.2, 0.25) is 0 Å². The zero-order valence-corrected chi connectivity index (χ0v) is 44.4. The molecule has 2 unspecified atom stereocenters. The van der Waals surface area contributed by atoms with Gasteiger partial charge < -0.3 is 19.5 Å². The van der Waals surface area contributed by atoms with Crippen molar-refractivity contribution < 1.29 is 23.8 Å². The van der Waals surface area contributed by atoms with Crippen molar-refractivity contribution in [2.75, 3.05) is 13.7 Å². The Morgan fingerprint density at radius 1 is 0.722 bits per heavy atom. The van der Waals surface area contributed by atoms with Gasteiger partial charge >= 0.3 is 12.1 Å². The number of methoxy groups -OCH3 is 1. The Hall–Kier alpha value is -5.27. The number of alkyl carbamates (subject to hydrolysis) is 1. The summed E-state index contributed by atoms with van der Waals surface area (Å²) in [6.07, 6.45) is 15.1. The second-order valence-corrected chi connectivity index (χ2v) is 24.5. The summed E-state index contributed by atoms with van der Waals surface area (Å²) in [5.41, 5.74) is 9.73. The molecule has 5 aromatic carbocycles. The van der Waals surface area contributed by atoms with Crippen LogP contribution in [-0.4, -0.2) is 37.3 Å². The van der Waals surface area contributed by atoms with Crippen molar-refractivity contribution in [3.05, 3.63) is 173 Å². The fourth-order valence-electron chi connectivity index (χ4n) is 15.1. The van der Waals surface area contributed by atoms with Crippen LogP contribution in [0.5, 0.6) is 5.75 Å². The summed E-state index contributed by atoms with van der Waals surface area (Å²) in [4.78, 5) is 29.0. The van der Waals surface area contributed by atoms with Crippen molar-refractivity contribution in [3.8, 4) is 16.9 Å².